The number of anilines is 2. The summed E-state index contributed by atoms with van der Waals surface area (Å²) < 4.78 is 52.2. The summed E-state index contributed by atoms with van der Waals surface area (Å²) >= 11 is 1.45. The van der Waals surface area contributed by atoms with Gasteiger partial charge in [-0.05, 0) is 44.4 Å². The highest BCUT2D eigenvalue weighted by molar-refractivity contribution is 7.96. The second-order valence-corrected chi connectivity index (χ2v) is 7.16. The van der Waals surface area contributed by atoms with E-state index in [1.807, 2.05) is 13.2 Å². The van der Waals surface area contributed by atoms with Crippen LogP contribution in [0.25, 0.3) is 11.4 Å². The highest BCUT2D eigenvalue weighted by Crippen LogP contribution is 2.39. The Morgan fingerprint density at radius 3 is 2.52 bits per heavy atom. The molecule has 0 aliphatic rings. The van der Waals surface area contributed by atoms with E-state index in [0.717, 1.165) is 17.7 Å². The number of aryl methyl sites for hydroxylation is 1. The molecule has 0 amide bonds. The topological polar surface area (TPSA) is 105 Å². The summed E-state index contributed by atoms with van der Waals surface area (Å²) in [5, 5.41) is 6.73. The van der Waals surface area contributed by atoms with Gasteiger partial charge in [0.2, 0.25) is 0 Å². The third-order valence-corrected chi connectivity index (χ3v) is 4.87. The molecule has 0 saturated carbocycles. The predicted molar refractivity (Wildman–Crippen MR) is 112 cm³/mol. The average Bonchev–Trinajstić information content (AvgIpc) is 3.14. The second-order valence-electron chi connectivity index (χ2n) is 6.47. The van der Waals surface area contributed by atoms with E-state index in [4.69, 9.17) is 4.74 Å². The van der Waals surface area contributed by atoms with Crippen molar-refractivity contribution in [1.82, 2.24) is 19.8 Å². The quantitative estimate of drug-likeness (QED) is 0.345. The Morgan fingerprint density at radius 1 is 1.23 bits per heavy atom. The molecule has 166 valence electrons. The maximum atomic E-state index is 12.8. The molecule has 0 radical (unpaired) electrons. The van der Waals surface area contributed by atoms with Crippen molar-refractivity contribution in [3.05, 3.63) is 51.6 Å². The van der Waals surface area contributed by atoms with Crippen molar-refractivity contribution in [2.45, 2.75) is 20.0 Å². The molecule has 0 aliphatic heterocycles. The Hall–Kier alpha value is -2.99. The van der Waals surface area contributed by atoms with E-state index in [1.165, 1.54) is 24.1 Å². The van der Waals surface area contributed by atoms with Crippen molar-refractivity contribution < 1.29 is 22.4 Å². The zero-order valence-electron chi connectivity index (χ0n) is 16.9. The van der Waals surface area contributed by atoms with Crippen LogP contribution < -0.4 is 20.5 Å². The van der Waals surface area contributed by atoms with E-state index in [9.17, 15) is 18.0 Å². The highest BCUT2D eigenvalue weighted by Gasteiger charge is 2.30. The minimum Gasteiger partial charge on any atom is -0.491 e. The summed E-state index contributed by atoms with van der Waals surface area (Å²) in [6.45, 7) is 4.46. The van der Waals surface area contributed by atoms with Crippen LogP contribution in [0, 0.1) is 13.8 Å². The minimum absolute atomic E-state index is 0.0860. The molecule has 0 bridgehead atoms. The lowest BCUT2D eigenvalue weighted by atomic mass is 10.1. The smallest absolute Gasteiger partial charge is 0.439 e. The summed E-state index contributed by atoms with van der Waals surface area (Å²) in [7, 11) is 0. The van der Waals surface area contributed by atoms with Crippen LogP contribution in [0.2, 0.25) is 0 Å². The molecule has 0 aliphatic carbocycles. The molecule has 31 heavy (non-hydrogen) atoms. The molecular weight excluding hydrogens is 435 g/mol. The molecule has 0 saturated heterocycles. The lowest BCUT2D eigenvalue weighted by Gasteiger charge is -2.18. The van der Waals surface area contributed by atoms with Gasteiger partial charge >= 0.3 is 11.9 Å². The molecule has 2 aromatic heterocycles. The standard InChI is InChI=1S/C19H20F3N5O3S/c1-10-11(2)24-16(25-13-6-4-12(5-7-13)19(20,21)22)14(17-26-18(28)30-27-17)15(10)29-9-8-23-31-3/h4-7,23H,8-9H2,1-3H3,(H,24,25)(H,26,27,28). The molecule has 1 aromatic carbocycles. The van der Waals surface area contributed by atoms with Crippen LogP contribution in [0.3, 0.4) is 0 Å². The van der Waals surface area contributed by atoms with Gasteiger partial charge < -0.3 is 10.1 Å². The number of nitrogens with zero attached hydrogens (tertiary/aromatic N) is 2. The molecule has 0 spiro atoms. The van der Waals surface area contributed by atoms with Crippen LogP contribution in [0.4, 0.5) is 24.7 Å². The van der Waals surface area contributed by atoms with Gasteiger partial charge in [-0.2, -0.15) is 13.2 Å². The molecule has 2 heterocycles. The third-order valence-electron chi connectivity index (χ3n) is 4.37. The second kappa shape index (κ2) is 9.43. The summed E-state index contributed by atoms with van der Waals surface area (Å²) in [5.74, 6) is 0.00106. The van der Waals surface area contributed by atoms with Crippen molar-refractivity contribution in [3.8, 4) is 17.1 Å². The molecule has 3 aromatic rings. The normalized spacial score (nSPS) is 11.5. The zero-order chi connectivity index (χ0) is 22.6. The molecule has 3 N–H and O–H groups in total. The molecule has 3 rings (SSSR count). The van der Waals surface area contributed by atoms with Gasteiger partial charge in [-0.3, -0.25) is 14.2 Å². The third kappa shape index (κ3) is 5.39. The minimum atomic E-state index is -4.44. The number of alkyl halides is 3. The molecule has 12 heteroatoms. The number of pyridine rings is 1. The van der Waals surface area contributed by atoms with Gasteiger partial charge in [0, 0.05) is 23.5 Å². The number of hydrogen-bond donors (Lipinski definition) is 3. The Balaban J connectivity index is 2.04. The van der Waals surface area contributed by atoms with Crippen LogP contribution >= 0.6 is 11.9 Å². The van der Waals surface area contributed by atoms with Crippen LogP contribution in [-0.2, 0) is 6.18 Å². The van der Waals surface area contributed by atoms with Gasteiger partial charge in [0.05, 0.1) is 5.56 Å². The molecular formula is C19H20F3N5O3S. The molecule has 0 fully saturated rings. The maximum absolute atomic E-state index is 12.8. The van der Waals surface area contributed by atoms with Gasteiger partial charge in [0.15, 0.2) is 5.82 Å². The number of hydrogen-bond acceptors (Lipinski definition) is 8. The fraction of sp³-hybridized carbons (Fsp3) is 0.316. The lowest BCUT2D eigenvalue weighted by Crippen LogP contribution is -2.15. The Kier molecular flexibility index (Phi) is 6.91. The molecule has 8 nitrogen and oxygen atoms in total. The number of aromatic nitrogens is 3. The monoisotopic (exact) mass is 455 g/mol. The van der Waals surface area contributed by atoms with Crippen LogP contribution in [0.15, 0.2) is 33.6 Å². The van der Waals surface area contributed by atoms with Gasteiger partial charge in [-0.15, -0.1) is 0 Å². The number of ether oxygens (including phenoxy) is 1. The lowest BCUT2D eigenvalue weighted by molar-refractivity contribution is -0.137. The van der Waals surface area contributed by atoms with Crippen LogP contribution in [0.5, 0.6) is 5.75 Å². The van der Waals surface area contributed by atoms with Gasteiger partial charge in [-0.1, -0.05) is 17.1 Å². The van der Waals surface area contributed by atoms with Crippen molar-refractivity contribution in [2.75, 3.05) is 24.7 Å². The Bertz CT molecular complexity index is 1100. The van der Waals surface area contributed by atoms with E-state index in [2.05, 4.69) is 29.7 Å². The summed E-state index contributed by atoms with van der Waals surface area (Å²) in [4.78, 5) is 18.5. The average molecular weight is 455 g/mol. The van der Waals surface area contributed by atoms with E-state index >= 15 is 0 Å². The van der Waals surface area contributed by atoms with E-state index < -0.39 is 17.5 Å². The van der Waals surface area contributed by atoms with Crippen molar-refractivity contribution in [1.29, 1.82) is 0 Å². The van der Waals surface area contributed by atoms with Crippen LogP contribution in [-0.4, -0.2) is 34.5 Å². The largest absolute Gasteiger partial charge is 0.491 e. The van der Waals surface area contributed by atoms with E-state index in [1.54, 1.807) is 6.92 Å². The summed E-state index contributed by atoms with van der Waals surface area (Å²) in [5.41, 5.74) is 1.29. The van der Waals surface area contributed by atoms with Gasteiger partial charge in [0.25, 0.3) is 0 Å². The first kappa shape index (κ1) is 22.7. The molecule has 0 atom stereocenters. The predicted octanol–water partition coefficient (Wildman–Crippen LogP) is 4.05. The first-order chi connectivity index (χ1) is 14.7. The Morgan fingerprint density at radius 2 is 1.94 bits per heavy atom. The SMILES string of the molecule is CSNCCOc1c(C)c(C)nc(Nc2ccc(C(F)(F)F)cc2)c1-c1noc(=O)[nH]1. The maximum Gasteiger partial charge on any atom is 0.439 e. The number of aromatic amines is 1. The highest BCUT2D eigenvalue weighted by atomic mass is 32.2. The van der Waals surface area contributed by atoms with Gasteiger partial charge in [-0.25, -0.2) is 9.78 Å². The number of rotatable bonds is 8. The number of nitrogens with one attached hydrogen (secondary N) is 3. The number of halogens is 3. The number of H-pyrrole nitrogens is 1. The first-order valence-corrected chi connectivity index (χ1v) is 10.3. The summed E-state index contributed by atoms with van der Waals surface area (Å²) in [6, 6.07) is 4.51. The van der Waals surface area contributed by atoms with Crippen molar-refractivity contribution in [2.24, 2.45) is 0 Å². The van der Waals surface area contributed by atoms with Crippen LogP contribution in [0.1, 0.15) is 16.8 Å². The van der Waals surface area contributed by atoms with E-state index in [-0.39, 0.29) is 11.6 Å². The zero-order valence-corrected chi connectivity index (χ0v) is 17.7. The fourth-order valence-corrected chi connectivity index (χ4v) is 3.06. The Labute approximate surface area is 179 Å². The van der Waals surface area contributed by atoms with E-state index in [0.29, 0.717) is 35.8 Å². The van der Waals surface area contributed by atoms with Crippen molar-refractivity contribution >= 4 is 23.5 Å². The number of benzene rings is 1. The first-order valence-electron chi connectivity index (χ1n) is 9.11. The molecule has 0 unspecified atom stereocenters. The fourth-order valence-electron chi connectivity index (χ4n) is 2.77. The van der Waals surface area contributed by atoms with Crippen molar-refractivity contribution in [3.63, 3.8) is 0 Å². The van der Waals surface area contributed by atoms with Gasteiger partial charge in [0.1, 0.15) is 23.7 Å². The summed E-state index contributed by atoms with van der Waals surface area (Å²) in [6.07, 6.45) is -2.55.